The minimum absolute atomic E-state index is 0.110. The van der Waals surface area contributed by atoms with E-state index in [4.69, 9.17) is 4.74 Å². The molecule has 8 heteroatoms. The average Bonchev–Trinajstić information content (AvgIpc) is 2.29. The molecular weight excluding hydrogens is 369 g/mol. The molecule has 124 valence electrons. The van der Waals surface area contributed by atoms with E-state index >= 15 is 0 Å². The molecule has 0 fully saturated rings. The summed E-state index contributed by atoms with van der Waals surface area (Å²) in [5, 5.41) is 9.98. The topological polar surface area (TPSA) is 55.8 Å². The fourth-order valence-corrected chi connectivity index (χ4v) is 1.89. The van der Waals surface area contributed by atoms with Crippen molar-refractivity contribution in [2.45, 2.75) is 39.2 Å². The summed E-state index contributed by atoms with van der Waals surface area (Å²) >= 11 is 3.05. The number of benzene rings is 1. The predicted octanol–water partition coefficient (Wildman–Crippen LogP) is 4.19. The van der Waals surface area contributed by atoms with Crippen LogP contribution in [-0.2, 0) is 16.1 Å². The Morgan fingerprint density at radius 3 is 2.36 bits per heavy atom. The number of phenolic OH excluding ortho intramolecular Hbond substituents is 1. The summed E-state index contributed by atoms with van der Waals surface area (Å²) in [7, 11) is 0. The highest BCUT2D eigenvalue weighted by molar-refractivity contribution is 9.10. The van der Waals surface area contributed by atoms with E-state index in [9.17, 15) is 23.1 Å². The van der Waals surface area contributed by atoms with Gasteiger partial charge in [0.15, 0.2) is 0 Å². The van der Waals surface area contributed by atoms with Crippen LogP contribution in [0.15, 0.2) is 16.6 Å². The number of halogens is 4. The largest absolute Gasteiger partial charge is 0.506 e. The number of esters is 1. The van der Waals surface area contributed by atoms with Crippen molar-refractivity contribution in [3.05, 3.63) is 27.7 Å². The number of hydrogen-bond donors (Lipinski definition) is 1. The minimum Gasteiger partial charge on any atom is -0.506 e. The summed E-state index contributed by atoms with van der Waals surface area (Å²) in [4.78, 5) is 12.1. The molecule has 0 bridgehead atoms. The second-order valence-electron chi connectivity index (χ2n) is 5.54. The SMILES string of the molecule is CC(C)(C)OC(=O)c1c(COCC(F)(F)F)ccc(Br)c1O. The van der Waals surface area contributed by atoms with Crippen LogP contribution in [0.2, 0.25) is 0 Å². The van der Waals surface area contributed by atoms with Gasteiger partial charge in [-0.25, -0.2) is 4.79 Å². The molecule has 0 saturated heterocycles. The van der Waals surface area contributed by atoms with E-state index in [0.717, 1.165) is 0 Å². The number of aromatic hydroxyl groups is 1. The molecular formula is C14H16BrF3O4. The van der Waals surface area contributed by atoms with Gasteiger partial charge in [0, 0.05) is 0 Å². The van der Waals surface area contributed by atoms with Crippen molar-refractivity contribution in [3.8, 4) is 5.75 Å². The zero-order valence-corrected chi connectivity index (χ0v) is 13.8. The fraction of sp³-hybridized carbons (Fsp3) is 0.500. The van der Waals surface area contributed by atoms with Gasteiger partial charge in [0.2, 0.25) is 0 Å². The zero-order valence-electron chi connectivity index (χ0n) is 12.3. The minimum atomic E-state index is -4.47. The second kappa shape index (κ2) is 6.87. The van der Waals surface area contributed by atoms with Crippen molar-refractivity contribution in [1.82, 2.24) is 0 Å². The third-order valence-corrected chi connectivity index (χ3v) is 2.98. The number of ether oxygens (including phenoxy) is 2. The molecule has 0 aromatic heterocycles. The van der Waals surface area contributed by atoms with Crippen molar-refractivity contribution < 1.29 is 32.5 Å². The summed E-state index contributed by atoms with van der Waals surface area (Å²) in [5.74, 6) is -1.24. The third kappa shape index (κ3) is 5.84. The Morgan fingerprint density at radius 2 is 1.86 bits per heavy atom. The van der Waals surface area contributed by atoms with Gasteiger partial charge in [-0.1, -0.05) is 6.07 Å². The summed E-state index contributed by atoms with van der Waals surface area (Å²) < 4.78 is 46.2. The quantitative estimate of drug-likeness (QED) is 0.790. The summed E-state index contributed by atoms with van der Waals surface area (Å²) in [6.45, 7) is 2.99. The maximum Gasteiger partial charge on any atom is 0.411 e. The summed E-state index contributed by atoms with van der Waals surface area (Å²) in [6, 6.07) is 2.80. The van der Waals surface area contributed by atoms with Gasteiger partial charge in [-0.3, -0.25) is 0 Å². The van der Waals surface area contributed by atoms with E-state index in [1.54, 1.807) is 20.8 Å². The third-order valence-electron chi connectivity index (χ3n) is 2.34. The molecule has 1 aromatic carbocycles. The highest BCUT2D eigenvalue weighted by Gasteiger charge is 2.29. The van der Waals surface area contributed by atoms with E-state index in [1.165, 1.54) is 12.1 Å². The van der Waals surface area contributed by atoms with E-state index in [1.807, 2.05) is 0 Å². The van der Waals surface area contributed by atoms with Crippen LogP contribution < -0.4 is 0 Å². The Kier molecular flexibility index (Phi) is 5.86. The molecule has 0 saturated carbocycles. The van der Waals surface area contributed by atoms with Gasteiger partial charge in [0.1, 0.15) is 23.5 Å². The first-order chi connectivity index (χ1) is 9.91. The monoisotopic (exact) mass is 384 g/mol. The fourth-order valence-electron chi connectivity index (χ4n) is 1.56. The number of hydrogen-bond acceptors (Lipinski definition) is 4. The van der Waals surface area contributed by atoms with Crippen LogP contribution in [0, 0.1) is 0 Å². The van der Waals surface area contributed by atoms with Gasteiger partial charge in [0.05, 0.1) is 11.1 Å². The standard InChI is InChI=1S/C14H16BrF3O4/c1-13(2,3)22-12(20)10-8(4-5-9(15)11(10)19)6-21-7-14(16,17)18/h4-5,19H,6-7H2,1-3H3. The average molecular weight is 385 g/mol. The number of alkyl halides is 3. The van der Waals surface area contributed by atoms with Crippen LogP contribution in [0.25, 0.3) is 0 Å². The van der Waals surface area contributed by atoms with Gasteiger partial charge in [-0.15, -0.1) is 0 Å². The van der Waals surface area contributed by atoms with Crippen molar-refractivity contribution in [3.63, 3.8) is 0 Å². The Bertz CT molecular complexity index is 550. The molecule has 0 unspecified atom stereocenters. The number of phenols is 1. The molecule has 0 amide bonds. The highest BCUT2D eigenvalue weighted by Crippen LogP contribution is 2.32. The first kappa shape index (κ1) is 18.8. The van der Waals surface area contributed by atoms with Crippen LogP contribution in [-0.4, -0.2) is 29.5 Å². The Hall–Kier alpha value is -1.28. The molecule has 4 nitrogen and oxygen atoms in total. The van der Waals surface area contributed by atoms with Gasteiger partial charge in [-0.2, -0.15) is 13.2 Å². The number of carbonyl (C=O) groups excluding carboxylic acids is 1. The molecule has 1 aromatic rings. The molecule has 1 N–H and O–H groups in total. The first-order valence-corrected chi connectivity index (χ1v) is 7.08. The molecule has 0 atom stereocenters. The number of rotatable bonds is 4. The van der Waals surface area contributed by atoms with Crippen LogP contribution in [0.5, 0.6) is 5.75 Å². The van der Waals surface area contributed by atoms with Gasteiger partial charge < -0.3 is 14.6 Å². The van der Waals surface area contributed by atoms with Crippen LogP contribution in [0.4, 0.5) is 13.2 Å². The smallest absolute Gasteiger partial charge is 0.411 e. The lowest BCUT2D eigenvalue weighted by atomic mass is 10.1. The van der Waals surface area contributed by atoms with E-state index in [0.29, 0.717) is 0 Å². The maximum atomic E-state index is 12.1. The van der Waals surface area contributed by atoms with Gasteiger partial charge in [0.25, 0.3) is 0 Å². The summed E-state index contributed by atoms with van der Waals surface area (Å²) in [5.41, 5.74) is -0.915. The molecule has 0 aliphatic heterocycles. The molecule has 0 heterocycles. The van der Waals surface area contributed by atoms with Gasteiger partial charge in [-0.05, 0) is 48.3 Å². The van der Waals surface area contributed by atoms with Gasteiger partial charge >= 0.3 is 12.1 Å². The lowest BCUT2D eigenvalue weighted by Gasteiger charge is -2.21. The Balaban J connectivity index is 3.03. The van der Waals surface area contributed by atoms with Crippen LogP contribution >= 0.6 is 15.9 Å². The normalized spacial score (nSPS) is 12.3. The first-order valence-electron chi connectivity index (χ1n) is 6.29. The van der Waals surface area contributed by atoms with Crippen molar-refractivity contribution in [2.24, 2.45) is 0 Å². The van der Waals surface area contributed by atoms with Crippen LogP contribution in [0.3, 0.4) is 0 Å². The molecule has 0 spiro atoms. The summed E-state index contributed by atoms with van der Waals surface area (Å²) in [6.07, 6.45) is -4.47. The molecule has 0 aliphatic rings. The Morgan fingerprint density at radius 1 is 1.27 bits per heavy atom. The zero-order chi connectivity index (χ0) is 17.1. The van der Waals surface area contributed by atoms with E-state index in [2.05, 4.69) is 20.7 Å². The molecule has 22 heavy (non-hydrogen) atoms. The lowest BCUT2D eigenvalue weighted by molar-refractivity contribution is -0.176. The predicted molar refractivity (Wildman–Crippen MR) is 76.7 cm³/mol. The Labute approximate surface area is 134 Å². The molecule has 0 aliphatic carbocycles. The van der Waals surface area contributed by atoms with Crippen molar-refractivity contribution in [2.75, 3.05) is 6.61 Å². The van der Waals surface area contributed by atoms with Crippen molar-refractivity contribution >= 4 is 21.9 Å². The molecule has 0 radical (unpaired) electrons. The molecule has 1 rings (SSSR count). The maximum absolute atomic E-state index is 12.1. The second-order valence-corrected chi connectivity index (χ2v) is 6.39. The number of carbonyl (C=O) groups is 1. The van der Waals surface area contributed by atoms with Crippen LogP contribution in [0.1, 0.15) is 36.7 Å². The highest BCUT2D eigenvalue weighted by atomic mass is 79.9. The van der Waals surface area contributed by atoms with E-state index in [-0.39, 0.29) is 15.6 Å². The van der Waals surface area contributed by atoms with E-state index < -0.39 is 36.7 Å². The lowest BCUT2D eigenvalue weighted by Crippen LogP contribution is -2.25. The van der Waals surface area contributed by atoms with Crippen molar-refractivity contribution in [1.29, 1.82) is 0 Å².